The lowest BCUT2D eigenvalue weighted by Crippen LogP contribution is -2.43. The molecule has 4 rings (SSSR count). The fourth-order valence-corrected chi connectivity index (χ4v) is 6.33. The number of sulfone groups is 1. The van der Waals surface area contributed by atoms with Gasteiger partial charge in [0.25, 0.3) is 0 Å². The van der Waals surface area contributed by atoms with Gasteiger partial charge < -0.3 is 4.74 Å². The van der Waals surface area contributed by atoms with Crippen LogP contribution in [0.3, 0.4) is 0 Å². The minimum atomic E-state index is -3.33. The first-order valence-corrected chi connectivity index (χ1v) is 15.1. The van der Waals surface area contributed by atoms with E-state index in [1.165, 1.54) is 29.7 Å². The lowest BCUT2D eigenvalue weighted by atomic mass is 10.3. The van der Waals surface area contributed by atoms with Gasteiger partial charge in [-0.1, -0.05) is 11.3 Å². The minimum absolute atomic E-state index is 0. The number of hydrogen-bond donors (Lipinski definition) is 0. The van der Waals surface area contributed by atoms with Crippen LogP contribution in [0.2, 0.25) is 0 Å². The molecule has 2 heterocycles. The highest BCUT2D eigenvalue weighted by molar-refractivity contribution is 7.99. The van der Waals surface area contributed by atoms with E-state index in [0.29, 0.717) is 49.8 Å². The number of morpholine rings is 1. The van der Waals surface area contributed by atoms with Crippen LogP contribution in [0.25, 0.3) is 10.2 Å². The lowest BCUT2D eigenvalue weighted by molar-refractivity contribution is -0.118. The van der Waals surface area contributed by atoms with Crippen molar-refractivity contribution in [2.45, 2.75) is 22.6 Å². The maximum Gasteiger partial charge on any atom is 0.228 e. The molecule has 12 heteroatoms. The summed E-state index contributed by atoms with van der Waals surface area (Å²) >= 11 is 2.93. The Morgan fingerprint density at radius 3 is 2.61 bits per heavy atom. The Bertz CT molecular complexity index is 1270. The third kappa shape index (κ3) is 7.87. The first-order valence-electron chi connectivity index (χ1n) is 11.4. The molecule has 0 radical (unpaired) electrons. The average Bonchev–Trinajstić information content (AvgIpc) is 3.26. The number of ether oxygens (including phenoxy) is 1. The molecule has 0 aliphatic carbocycles. The first-order chi connectivity index (χ1) is 16.8. The Morgan fingerprint density at radius 2 is 1.92 bits per heavy atom. The second kappa shape index (κ2) is 13.2. The topological polar surface area (TPSA) is 79.8 Å². The summed E-state index contributed by atoms with van der Waals surface area (Å²) in [6.45, 7) is 4.24. The van der Waals surface area contributed by atoms with Crippen LogP contribution < -0.4 is 4.90 Å². The Morgan fingerprint density at radius 1 is 1.19 bits per heavy atom. The number of carbonyl (C=O) groups excluding carboxylic acids is 1. The molecule has 36 heavy (non-hydrogen) atoms. The molecule has 1 aromatic heterocycles. The molecular formula is C24H29ClFN3O4S3. The van der Waals surface area contributed by atoms with Crippen LogP contribution in [0.15, 0.2) is 52.3 Å². The highest BCUT2D eigenvalue weighted by Gasteiger charge is 2.22. The molecule has 2 aromatic carbocycles. The van der Waals surface area contributed by atoms with Gasteiger partial charge in [-0.15, -0.1) is 24.2 Å². The monoisotopic (exact) mass is 573 g/mol. The number of aromatic nitrogens is 1. The van der Waals surface area contributed by atoms with Crippen molar-refractivity contribution >= 4 is 66.6 Å². The molecule has 7 nitrogen and oxygen atoms in total. The van der Waals surface area contributed by atoms with Crippen molar-refractivity contribution in [2.24, 2.45) is 0 Å². The number of hydrogen-bond acceptors (Lipinski definition) is 8. The molecule has 0 saturated carbocycles. The number of halogens is 2. The quantitative estimate of drug-likeness (QED) is 0.261. The predicted molar refractivity (Wildman–Crippen MR) is 146 cm³/mol. The van der Waals surface area contributed by atoms with E-state index in [-0.39, 0.29) is 29.0 Å². The van der Waals surface area contributed by atoms with Crippen LogP contribution in [-0.4, -0.2) is 75.6 Å². The van der Waals surface area contributed by atoms with E-state index < -0.39 is 9.84 Å². The molecule has 1 amide bonds. The molecule has 0 unspecified atom stereocenters. The van der Waals surface area contributed by atoms with Gasteiger partial charge in [0.2, 0.25) is 5.91 Å². The van der Waals surface area contributed by atoms with Gasteiger partial charge in [-0.3, -0.25) is 14.6 Å². The average molecular weight is 574 g/mol. The number of anilines is 1. The lowest BCUT2D eigenvalue weighted by Gasteiger charge is -2.29. The van der Waals surface area contributed by atoms with Crippen molar-refractivity contribution in [2.75, 3.05) is 56.3 Å². The van der Waals surface area contributed by atoms with E-state index in [4.69, 9.17) is 4.74 Å². The second-order valence-electron chi connectivity index (χ2n) is 8.30. The Hall–Kier alpha value is -1.76. The molecule has 1 aliphatic rings. The summed E-state index contributed by atoms with van der Waals surface area (Å²) in [7, 11) is -3.33. The van der Waals surface area contributed by atoms with Crippen LogP contribution in [0.1, 0.15) is 12.8 Å². The molecule has 0 bridgehead atoms. The van der Waals surface area contributed by atoms with Crippen molar-refractivity contribution < 1.29 is 22.3 Å². The van der Waals surface area contributed by atoms with Gasteiger partial charge in [-0.05, 0) is 54.6 Å². The molecule has 0 atom stereocenters. The van der Waals surface area contributed by atoms with E-state index in [2.05, 4.69) is 9.88 Å². The van der Waals surface area contributed by atoms with Crippen molar-refractivity contribution in [3.05, 3.63) is 48.3 Å². The fraction of sp³-hybridized carbons (Fsp3) is 0.417. The van der Waals surface area contributed by atoms with Crippen molar-refractivity contribution in [3.63, 3.8) is 0 Å². The zero-order valence-electron chi connectivity index (χ0n) is 19.9. The summed E-state index contributed by atoms with van der Waals surface area (Å²) in [6.07, 6.45) is 2.22. The van der Waals surface area contributed by atoms with E-state index in [1.54, 1.807) is 47.0 Å². The van der Waals surface area contributed by atoms with Gasteiger partial charge in [0, 0.05) is 43.8 Å². The molecule has 0 N–H and O–H groups in total. The molecule has 1 aliphatic heterocycles. The number of rotatable bonds is 10. The smallest absolute Gasteiger partial charge is 0.228 e. The number of fused-ring (bicyclic) bond motifs is 1. The summed E-state index contributed by atoms with van der Waals surface area (Å²) in [5, 5.41) is 0.579. The van der Waals surface area contributed by atoms with Gasteiger partial charge in [-0.25, -0.2) is 17.8 Å². The van der Waals surface area contributed by atoms with Gasteiger partial charge in [0.1, 0.15) is 5.82 Å². The van der Waals surface area contributed by atoms with Crippen LogP contribution in [0.5, 0.6) is 0 Å². The number of benzene rings is 2. The number of amides is 1. The van der Waals surface area contributed by atoms with Crippen LogP contribution in [0, 0.1) is 5.82 Å². The zero-order chi connectivity index (χ0) is 24.8. The molecule has 196 valence electrons. The van der Waals surface area contributed by atoms with Crippen molar-refractivity contribution in [1.82, 2.24) is 9.88 Å². The number of thioether (sulfide) groups is 1. The van der Waals surface area contributed by atoms with Crippen molar-refractivity contribution in [3.8, 4) is 0 Å². The standard InChI is InChI=1S/C24H28FN3O4S3.ClH/c1-35(30,31)20-8-9-21-22(17-20)34-24(26-21)28(11-10-27-12-14-32-15-13-27)23(29)3-2-16-33-19-6-4-18(25)5-7-19;/h4-9,17H,2-3,10-16H2,1H3;1H. The summed E-state index contributed by atoms with van der Waals surface area (Å²) in [5.41, 5.74) is 0.674. The fourth-order valence-electron chi connectivity index (χ4n) is 3.71. The maximum absolute atomic E-state index is 13.3. The zero-order valence-corrected chi connectivity index (χ0v) is 23.2. The molecule has 3 aromatic rings. The highest BCUT2D eigenvalue weighted by Crippen LogP contribution is 2.31. The Balaban J connectivity index is 0.00000361. The Kier molecular flexibility index (Phi) is 10.5. The summed E-state index contributed by atoms with van der Waals surface area (Å²) < 4.78 is 43.2. The molecule has 0 spiro atoms. The predicted octanol–water partition coefficient (Wildman–Crippen LogP) is 4.50. The van der Waals surface area contributed by atoms with Crippen molar-refractivity contribution in [1.29, 1.82) is 0 Å². The number of nitrogens with zero attached hydrogens (tertiary/aromatic N) is 3. The van der Waals surface area contributed by atoms with Gasteiger partial charge in [-0.2, -0.15) is 0 Å². The van der Waals surface area contributed by atoms with E-state index in [1.807, 2.05) is 0 Å². The van der Waals surface area contributed by atoms with Crippen LogP contribution in [0.4, 0.5) is 9.52 Å². The summed E-state index contributed by atoms with van der Waals surface area (Å²) in [4.78, 5) is 23.1. The minimum Gasteiger partial charge on any atom is -0.379 e. The van der Waals surface area contributed by atoms with Crippen LogP contribution in [-0.2, 0) is 19.4 Å². The third-order valence-corrected chi connectivity index (χ3v) is 8.92. The van der Waals surface area contributed by atoms with Crippen LogP contribution >= 0.6 is 35.5 Å². The van der Waals surface area contributed by atoms with Gasteiger partial charge in [0.15, 0.2) is 15.0 Å². The summed E-state index contributed by atoms with van der Waals surface area (Å²) in [6, 6.07) is 11.2. The third-order valence-electron chi connectivity index (χ3n) is 5.67. The normalized spacial score (nSPS) is 14.5. The first kappa shape index (κ1) is 28.8. The number of carbonyl (C=O) groups is 1. The molecule has 1 fully saturated rings. The van der Waals surface area contributed by atoms with E-state index in [0.717, 1.165) is 28.4 Å². The molecular weight excluding hydrogens is 545 g/mol. The number of thiazole rings is 1. The second-order valence-corrected chi connectivity index (χ2v) is 12.5. The van der Waals surface area contributed by atoms with E-state index in [9.17, 15) is 17.6 Å². The highest BCUT2D eigenvalue weighted by atomic mass is 35.5. The van der Waals surface area contributed by atoms with E-state index >= 15 is 0 Å². The summed E-state index contributed by atoms with van der Waals surface area (Å²) in [5.74, 6) is 0.465. The van der Waals surface area contributed by atoms with Gasteiger partial charge >= 0.3 is 0 Å². The largest absolute Gasteiger partial charge is 0.379 e. The SMILES string of the molecule is CS(=O)(=O)c1ccc2nc(N(CCN3CCOCC3)C(=O)CCCSc3ccc(F)cc3)sc2c1.Cl. The maximum atomic E-state index is 13.3. The Labute approximate surface area is 225 Å². The van der Waals surface area contributed by atoms with Gasteiger partial charge in [0.05, 0.1) is 28.3 Å². The molecule has 1 saturated heterocycles.